The fraction of sp³-hybridized carbons (Fsp3) is 0.227. The van der Waals surface area contributed by atoms with Crippen LogP contribution in [0.2, 0.25) is 6.32 Å². The number of aromatic hydroxyl groups is 1. The van der Waals surface area contributed by atoms with Gasteiger partial charge in [0.2, 0.25) is 0 Å². The van der Waals surface area contributed by atoms with Crippen LogP contribution in [-0.4, -0.2) is 28.3 Å². The van der Waals surface area contributed by atoms with Crippen LogP contribution in [0.15, 0.2) is 72.5 Å². The fourth-order valence-corrected chi connectivity index (χ4v) is 3.26. The smallest absolute Gasteiger partial charge is 0.458 e. The molecule has 4 nitrogen and oxygen atoms in total. The first kappa shape index (κ1) is 19.1. The molecule has 1 atom stereocenters. The normalized spacial score (nSPS) is 17.6. The predicted octanol–water partition coefficient (Wildman–Crippen LogP) is 4.49. The van der Waals surface area contributed by atoms with Crippen LogP contribution < -0.4 is 0 Å². The Kier molecular flexibility index (Phi) is 6.27. The van der Waals surface area contributed by atoms with Crippen LogP contribution in [0.4, 0.5) is 0 Å². The van der Waals surface area contributed by atoms with Crippen LogP contribution in [0.3, 0.4) is 0 Å². The molecule has 2 N–H and O–H groups in total. The Balaban J connectivity index is 1.86. The summed E-state index contributed by atoms with van der Waals surface area (Å²) in [5.74, 6) is 0.234. The van der Waals surface area contributed by atoms with Gasteiger partial charge in [-0.1, -0.05) is 42.5 Å². The number of para-hydroxylation sites is 1. The largest absolute Gasteiger partial charge is 0.507 e. The van der Waals surface area contributed by atoms with E-state index < -0.39 is 7.12 Å². The first-order valence-corrected chi connectivity index (χ1v) is 9.14. The van der Waals surface area contributed by atoms with Crippen LogP contribution in [0.25, 0.3) is 11.6 Å². The lowest BCUT2D eigenvalue weighted by molar-refractivity contribution is 0.184. The van der Waals surface area contributed by atoms with E-state index in [1.54, 1.807) is 18.3 Å². The van der Waals surface area contributed by atoms with Gasteiger partial charge in [0.25, 0.3) is 0 Å². The summed E-state index contributed by atoms with van der Waals surface area (Å²) in [4.78, 5) is 4.47. The Labute approximate surface area is 160 Å². The minimum Gasteiger partial charge on any atom is -0.507 e. The molecule has 0 fully saturated rings. The molecule has 1 aromatic heterocycles. The summed E-state index contributed by atoms with van der Waals surface area (Å²) in [5.41, 5.74) is 4.61. The number of hydrogen-bond donors (Lipinski definition) is 2. The molecule has 1 unspecified atom stereocenters. The van der Waals surface area contributed by atoms with Gasteiger partial charge in [0.05, 0.1) is 11.8 Å². The van der Waals surface area contributed by atoms with Crippen molar-refractivity contribution in [2.75, 3.05) is 0 Å². The quantitative estimate of drug-likeness (QED) is 0.745. The summed E-state index contributed by atoms with van der Waals surface area (Å²) < 4.78 is 5.75. The molecule has 2 heterocycles. The number of hydrogen-bond acceptors (Lipinski definition) is 4. The molecule has 0 bridgehead atoms. The molecular weight excluding hydrogens is 337 g/mol. The Morgan fingerprint density at radius 3 is 2.78 bits per heavy atom. The van der Waals surface area contributed by atoms with Crippen LogP contribution in [-0.2, 0) is 4.65 Å². The summed E-state index contributed by atoms with van der Waals surface area (Å²) >= 11 is 0. The summed E-state index contributed by atoms with van der Waals surface area (Å²) in [5, 5.41) is 20.0. The highest BCUT2D eigenvalue weighted by molar-refractivity contribution is 6.43. The Bertz CT molecular complexity index is 861. The summed E-state index contributed by atoms with van der Waals surface area (Å²) in [6, 6.07) is 13.0. The first-order chi connectivity index (χ1) is 13.0. The lowest BCUT2D eigenvalue weighted by Crippen LogP contribution is -2.31. The van der Waals surface area contributed by atoms with Gasteiger partial charge in [0.1, 0.15) is 5.75 Å². The maximum absolute atomic E-state index is 10.1. The summed E-state index contributed by atoms with van der Waals surface area (Å²) in [6.45, 7) is 5.98. The van der Waals surface area contributed by atoms with Crippen molar-refractivity contribution < 1.29 is 14.8 Å². The van der Waals surface area contributed by atoms with E-state index in [0.717, 1.165) is 28.0 Å². The van der Waals surface area contributed by atoms with Gasteiger partial charge in [-0.05, 0) is 55.2 Å². The van der Waals surface area contributed by atoms with Gasteiger partial charge >= 0.3 is 7.12 Å². The number of allylic oxidation sites excluding steroid dienone is 2. The van der Waals surface area contributed by atoms with Crippen molar-refractivity contribution in [1.29, 1.82) is 0 Å². The van der Waals surface area contributed by atoms with E-state index in [2.05, 4.69) is 11.6 Å². The maximum Gasteiger partial charge on any atom is 0.458 e. The molecule has 2 aromatic rings. The number of aromatic nitrogens is 1. The highest BCUT2D eigenvalue weighted by Crippen LogP contribution is 2.31. The molecule has 0 saturated carbocycles. The molecule has 0 radical (unpaired) electrons. The molecule has 1 aliphatic heterocycles. The molecule has 5 heteroatoms. The highest BCUT2D eigenvalue weighted by atomic mass is 16.5. The van der Waals surface area contributed by atoms with Gasteiger partial charge in [0, 0.05) is 18.1 Å². The Morgan fingerprint density at radius 2 is 2.07 bits per heavy atom. The lowest BCUT2D eigenvalue weighted by Gasteiger charge is -2.27. The molecule has 27 heavy (non-hydrogen) atoms. The van der Waals surface area contributed by atoms with E-state index in [4.69, 9.17) is 4.65 Å². The number of phenols is 1. The van der Waals surface area contributed by atoms with Gasteiger partial charge in [-0.3, -0.25) is 4.98 Å². The van der Waals surface area contributed by atoms with E-state index in [1.807, 2.05) is 49.4 Å². The second kappa shape index (κ2) is 8.84. The molecule has 0 spiro atoms. The van der Waals surface area contributed by atoms with Gasteiger partial charge in [-0.25, -0.2) is 0 Å². The zero-order valence-corrected chi connectivity index (χ0v) is 15.5. The number of benzene rings is 1. The van der Waals surface area contributed by atoms with Crippen molar-refractivity contribution in [3.63, 3.8) is 0 Å². The summed E-state index contributed by atoms with van der Waals surface area (Å²) in [7, 11) is -0.779. The average molecular weight is 361 g/mol. The second-order valence-corrected chi connectivity index (χ2v) is 6.74. The maximum atomic E-state index is 10.1. The van der Waals surface area contributed by atoms with E-state index in [-0.39, 0.29) is 11.9 Å². The second-order valence-electron chi connectivity index (χ2n) is 6.74. The monoisotopic (exact) mass is 361 g/mol. The van der Waals surface area contributed by atoms with Crippen LogP contribution >= 0.6 is 0 Å². The zero-order chi connectivity index (χ0) is 19.2. The number of nitrogens with zero attached hydrogens (tertiary/aromatic N) is 1. The molecule has 1 aliphatic rings. The third-order valence-corrected chi connectivity index (χ3v) is 4.64. The lowest BCUT2D eigenvalue weighted by atomic mass is 9.78. The standard InChI is InChI=1S/C22H24BNO3/c1-16(2)19-12-13-23(26)27-22(19)11-10-17(20-8-5-6-14-24-20)15-18-7-3-4-9-21(18)25/h3-9,12,14-15,22,25-26H,1,10-11,13H2,2H3/b17-15-. The topological polar surface area (TPSA) is 62.6 Å². The third-order valence-electron chi connectivity index (χ3n) is 4.64. The first-order valence-electron chi connectivity index (χ1n) is 9.14. The highest BCUT2D eigenvalue weighted by Gasteiger charge is 2.27. The molecule has 138 valence electrons. The fourth-order valence-electron chi connectivity index (χ4n) is 3.26. The van der Waals surface area contributed by atoms with Crippen molar-refractivity contribution in [3.05, 3.63) is 83.7 Å². The molecule has 3 rings (SSSR count). The Morgan fingerprint density at radius 1 is 1.30 bits per heavy atom. The van der Waals surface area contributed by atoms with E-state index in [1.165, 1.54) is 0 Å². The van der Waals surface area contributed by atoms with Crippen LogP contribution in [0.1, 0.15) is 31.0 Å². The SMILES string of the molecule is C=C(C)C1=CCB(O)OC1CC/C(=C/c1ccccc1O)c1ccccn1. The molecule has 1 aromatic carbocycles. The molecular formula is C22H24BNO3. The van der Waals surface area contributed by atoms with E-state index >= 15 is 0 Å². The van der Waals surface area contributed by atoms with Gasteiger partial charge in [-0.15, -0.1) is 0 Å². The minimum atomic E-state index is -0.779. The summed E-state index contributed by atoms with van der Waals surface area (Å²) in [6.07, 6.45) is 7.38. The van der Waals surface area contributed by atoms with Crippen molar-refractivity contribution >= 4 is 18.8 Å². The molecule has 0 amide bonds. The van der Waals surface area contributed by atoms with Crippen LogP contribution in [0, 0.1) is 0 Å². The molecule has 0 aliphatic carbocycles. The van der Waals surface area contributed by atoms with Crippen molar-refractivity contribution in [1.82, 2.24) is 4.98 Å². The third kappa shape index (κ3) is 4.97. The van der Waals surface area contributed by atoms with Crippen molar-refractivity contribution in [3.8, 4) is 5.75 Å². The van der Waals surface area contributed by atoms with Gasteiger partial charge in [0.15, 0.2) is 0 Å². The van der Waals surface area contributed by atoms with E-state index in [9.17, 15) is 10.1 Å². The van der Waals surface area contributed by atoms with Crippen molar-refractivity contribution in [2.24, 2.45) is 0 Å². The minimum absolute atomic E-state index is 0.206. The predicted molar refractivity (Wildman–Crippen MR) is 110 cm³/mol. The van der Waals surface area contributed by atoms with Gasteiger partial charge < -0.3 is 14.8 Å². The van der Waals surface area contributed by atoms with E-state index in [0.29, 0.717) is 19.2 Å². The Hall–Kier alpha value is -2.63. The zero-order valence-electron chi connectivity index (χ0n) is 15.5. The van der Waals surface area contributed by atoms with Crippen LogP contribution in [0.5, 0.6) is 5.75 Å². The number of pyridine rings is 1. The van der Waals surface area contributed by atoms with Crippen molar-refractivity contribution in [2.45, 2.75) is 32.2 Å². The molecule has 0 saturated heterocycles. The van der Waals surface area contributed by atoms with Gasteiger partial charge in [-0.2, -0.15) is 0 Å². The average Bonchev–Trinajstić information content (AvgIpc) is 2.67. The number of rotatable bonds is 6. The number of phenolic OH excluding ortho intramolecular Hbond substituents is 1.